The van der Waals surface area contributed by atoms with Gasteiger partial charge in [0.15, 0.2) is 16.6 Å². The number of fused-ring (bicyclic) bond motifs is 3. The van der Waals surface area contributed by atoms with E-state index < -0.39 is 0 Å². The van der Waals surface area contributed by atoms with Crippen LogP contribution in [0.4, 0.5) is 0 Å². The number of nitrogens with one attached hydrogen (secondary N) is 2. The summed E-state index contributed by atoms with van der Waals surface area (Å²) in [5.74, 6) is 3.10. The Bertz CT molecular complexity index is 640. The summed E-state index contributed by atoms with van der Waals surface area (Å²) in [5.41, 5.74) is 1.04. The van der Waals surface area contributed by atoms with Crippen molar-refractivity contribution in [1.82, 2.24) is 10.6 Å². The summed E-state index contributed by atoms with van der Waals surface area (Å²) in [6.07, 6.45) is 6.26. The van der Waals surface area contributed by atoms with E-state index in [0.717, 1.165) is 34.7 Å². The summed E-state index contributed by atoms with van der Waals surface area (Å²) in [7, 11) is 0. The van der Waals surface area contributed by atoms with Crippen LogP contribution in [0.25, 0.3) is 0 Å². The number of hydrogen-bond donors (Lipinski definition) is 2. The Kier molecular flexibility index (Phi) is 4.72. The molecule has 2 saturated carbocycles. The van der Waals surface area contributed by atoms with Crippen molar-refractivity contribution in [1.29, 1.82) is 0 Å². The summed E-state index contributed by atoms with van der Waals surface area (Å²) in [6.45, 7) is 1.93. The lowest BCUT2D eigenvalue weighted by Gasteiger charge is -2.24. The lowest BCUT2D eigenvalue weighted by molar-refractivity contribution is 0.297. The van der Waals surface area contributed by atoms with E-state index in [4.69, 9.17) is 33.3 Å². The first-order valence-corrected chi connectivity index (χ1v) is 9.60. The number of hydrogen-bond acceptors (Lipinski definition) is 3. The summed E-state index contributed by atoms with van der Waals surface area (Å²) in [4.78, 5) is 0. The van der Waals surface area contributed by atoms with Crippen molar-refractivity contribution in [3.05, 3.63) is 22.7 Å². The molecule has 1 aromatic rings. The summed E-state index contributed by atoms with van der Waals surface area (Å²) in [6, 6.07) is 4.46. The van der Waals surface area contributed by atoms with Gasteiger partial charge >= 0.3 is 0 Å². The number of rotatable bonds is 3. The normalized spacial score (nSPS) is 27.6. The van der Waals surface area contributed by atoms with E-state index in [0.29, 0.717) is 36.6 Å². The SMILES string of the molecule is S=C(NCc1cc(Cl)c2c(c1)OCCCO2)N[C@H]1C[C@H]2CC[C@H]1C2. The fourth-order valence-corrected chi connectivity index (χ4v) is 4.72. The average molecular weight is 367 g/mol. The van der Waals surface area contributed by atoms with Crippen LogP contribution in [0.1, 0.15) is 37.7 Å². The summed E-state index contributed by atoms with van der Waals surface area (Å²) < 4.78 is 11.4. The van der Waals surface area contributed by atoms with Crippen molar-refractivity contribution in [2.45, 2.75) is 44.7 Å². The Morgan fingerprint density at radius 1 is 1.21 bits per heavy atom. The van der Waals surface area contributed by atoms with Crippen LogP contribution in [0, 0.1) is 11.8 Å². The molecule has 4 rings (SSSR count). The molecule has 0 aromatic heterocycles. The van der Waals surface area contributed by atoms with Crippen LogP contribution in [0.15, 0.2) is 12.1 Å². The molecule has 130 valence electrons. The third-order valence-corrected chi connectivity index (χ3v) is 5.91. The van der Waals surface area contributed by atoms with Crippen LogP contribution in [0.5, 0.6) is 11.5 Å². The first-order chi connectivity index (χ1) is 11.7. The highest BCUT2D eigenvalue weighted by Crippen LogP contribution is 2.44. The monoisotopic (exact) mass is 366 g/mol. The minimum atomic E-state index is 0.552. The molecule has 1 heterocycles. The molecule has 2 fully saturated rings. The molecule has 3 atom stereocenters. The third-order valence-electron chi connectivity index (χ3n) is 5.37. The molecule has 1 aromatic carbocycles. The van der Waals surface area contributed by atoms with Crippen LogP contribution in [-0.4, -0.2) is 24.4 Å². The van der Waals surface area contributed by atoms with Gasteiger partial charge in [0.2, 0.25) is 0 Å². The van der Waals surface area contributed by atoms with Gasteiger partial charge in [0.05, 0.1) is 18.2 Å². The Morgan fingerprint density at radius 3 is 2.88 bits per heavy atom. The maximum atomic E-state index is 6.33. The largest absolute Gasteiger partial charge is 0.489 e. The van der Waals surface area contributed by atoms with Crippen molar-refractivity contribution in [3.63, 3.8) is 0 Å². The zero-order valence-electron chi connectivity index (χ0n) is 13.6. The van der Waals surface area contributed by atoms with E-state index >= 15 is 0 Å². The van der Waals surface area contributed by atoms with Gasteiger partial charge in [0.25, 0.3) is 0 Å². The fraction of sp³-hybridized carbons (Fsp3) is 0.611. The van der Waals surface area contributed by atoms with Gasteiger partial charge in [-0.05, 0) is 61.0 Å². The van der Waals surface area contributed by atoms with Crippen molar-refractivity contribution in [3.8, 4) is 11.5 Å². The first-order valence-electron chi connectivity index (χ1n) is 8.81. The van der Waals surface area contributed by atoms with E-state index in [1.54, 1.807) is 0 Å². The topological polar surface area (TPSA) is 42.5 Å². The van der Waals surface area contributed by atoms with Gasteiger partial charge in [-0.15, -0.1) is 0 Å². The molecule has 0 unspecified atom stereocenters. The highest BCUT2D eigenvalue weighted by atomic mass is 35.5. The van der Waals surface area contributed by atoms with E-state index in [1.807, 2.05) is 12.1 Å². The molecular weight excluding hydrogens is 344 g/mol. The lowest BCUT2D eigenvalue weighted by atomic mass is 9.96. The quantitative estimate of drug-likeness (QED) is 0.799. The Morgan fingerprint density at radius 2 is 2.08 bits per heavy atom. The molecular formula is C18H23ClN2O2S. The second kappa shape index (κ2) is 6.96. The molecule has 3 aliphatic rings. The number of halogens is 1. The molecule has 24 heavy (non-hydrogen) atoms. The molecule has 2 bridgehead atoms. The lowest BCUT2D eigenvalue weighted by Crippen LogP contribution is -2.43. The van der Waals surface area contributed by atoms with Crippen molar-refractivity contribution < 1.29 is 9.47 Å². The molecule has 0 amide bonds. The Hall–Kier alpha value is -1.20. The molecule has 2 N–H and O–H groups in total. The predicted octanol–water partition coefficient (Wildman–Crippen LogP) is 3.65. The molecule has 2 aliphatic carbocycles. The van der Waals surface area contributed by atoms with Gasteiger partial charge in [0.1, 0.15) is 0 Å². The van der Waals surface area contributed by atoms with Gasteiger partial charge in [-0.1, -0.05) is 18.0 Å². The van der Waals surface area contributed by atoms with E-state index in [1.165, 1.54) is 25.7 Å². The van der Waals surface area contributed by atoms with Crippen LogP contribution in [0.3, 0.4) is 0 Å². The molecule has 4 nitrogen and oxygen atoms in total. The van der Waals surface area contributed by atoms with Gasteiger partial charge in [0, 0.05) is 19.0 Å². The predicted molar refractivity (Wildman–Crippen MR) is 98.9 cm³/mol. The van der Waals surface area contributed by atoms with Crippen molar-refractivity contribution in [2.75, 3.05) is 13.2 Å². The second-order valence-corrected chi connectivity index (χ2v) is 7.88. The average Bonchev–Trinajstić information content (AvgIpc) is 3.09. The van der Waals surface area contributed by atoms with Gasteiger partial charge in [-0.25, -0.2) is 0 Å². The molecule has 0 saturated heterocycles. The zero-order valence-corrected chi connectivity index (χ0v) is 15.2. The summed E-state index contributed by atoms with van der Waals surface area (Å²) in [5, 5.41) is 8.13. The molecule has 6 heteroatoms. The fourth-order valence-electron chi connectivity index (χ4n) is 4.21. The molecule has 0 radical (unpaired) electrons. The third kappa shape index (κ3) is 3.42. The standard InChI is InChI=1S/C18H23ClN2O2S/c19-14-7-12(9-16-17(14)23-5-1-4-22-16)10-20-18(24)21-15-8-11-2-3-13(15)6-11/h7,9,11,13,15H,1-6,8,10H2,(H2,20,21,24)/t11-,13-,15-/m0/s1. The van der Waals surface area contributed by atoms with E-state index in [-0.39, 0.29) is 0 Å². The van der Waals surface area contributed by atoms with Crippen molar-refractivity contribution in [2.24, 2.45) is 11.8 Å². The minimum Gasteiger partial charge on any atom is -0.489 e. The summed E-state index contributed by atoms with van der Waals surface area (Å²) >= 11 is 11.8. The smallest absolute Gasteiger partial charge is 0.179 e. The highest BCUT2D eigenvalue weighted by Gasteiger charge is 2.39. The van der Waals surface area contributed by atoms with E-state index in [2.05, 4.69) is 10.6 Å². The molecule has 1 aliphatic heterocycles. The number of thiocarbonyl (C=S) groups is 1. The van der Waals surface area contributed by atoms with Gasteiger partial charge < -0.3 is 20.1 Å². The van der Waals surface area contributed by atoms with Crippen LogP contribution in [0.2, 0.25) is 5.02 Å². The first kappa shape index (κ1) is 16.3. The highest BCUT2D eigenvalue weighted by molar-refractivity contribution is 7.80. The Labute approximate surface area is 153 Å². The molecule has 0 spiro atoms. The van der Waals surface area contributed by atoms with Crippen LogP contribution >= 0.6 is 23.8 Å². The maximum absolute atomic E-state index is 6.33. The van der Waals surface area contributed by atoms with Gasteiger partial charge in [-0.3, -0.25) is 0 Å². The van der Waals surface area contributed by atoms with Crippen LogP contribution in [-0.2, 0) is 6.54 Å². The van der Waals surface area contributed by atoms with Crippen molar-refractivity contribution >= 4 is 28.9 Å². The second-order valence-electron chi connectivity index (χ2n) is 7.06. The number of ether oxygens (including phenoxy) is 2. The Balaban J connectivity index is 1.34. The number of benzene rings is 1. The van der Waals surface area contributed by atoms with Crippen LogP contribution < -0.4 is 20.1 Å². The van der Waals surface area contributed by atoms with Gasteiger partial charge in [-0.2, -0.15) is 0 Å². The minimum absolute atomic E-state index is 0.552. The maximum Gasteiger partial charge on any atom is 0.179 e. The van der Waals surface area contributed by atoms with E-state index in [9.17, 15) is 0 Å². The zero-order chi connectivity index (χ0) is 16.5.